The average molecular weight is 689 g/mol. The molecule has 0 N–H and O–H groups in total. The van der Waals surface area contributed by atoms with Crippen LogP contribution in [-0.2, 0) is 8.85 Å². The third-order valence-electron chi connectivity index (χ3n) is 9.06. The lowest BCUT2D eigenvalue weighted by atomic mass is 10.1. The molecule has 0 fully saturated rings. The summed E-state index contributed by atoms with van der Waals surface area (Å²) < 4.78 is 15.4. The zero-order chi connectivity index (χ0) is 35.1. The molecule has 0 saturated carbocycles. The van der Waals surface area contributed by atoms with Gasteiger partial charge in [0.15, 0.2) is 0 Å². The minimum absolute atomic E-state index is 0.150. The van der Waals surface area contributed by atoms with E-state index in [2.05, 4.69) is 201 Å². The van der Waals surface area contributed by atoms with Crippen molar-refractivity contribution in [1.29, 1.82) is 0 Å². The molecule has 2 nitrogen and oxygen atoms in total. The van der Waals surface area contributed by atoms with Gasteiger partial charge in [-0.3, -0.25) is 0 Å². The molecule has 0 aliphatic carbocycles. The Bertz CT molecular complexity index is 1560. The van der Waals surface area contributed by atoms with E-state index in [1.54, 1.807) is 0 Å². The van der Waals surface area contributed by atoms with Crippen molar-refractivity contribution in [2.75, 3.05) is 0 Å². The Morgan fingerprint density at radius 1 is 0.583 bits per heavy atom. The lowest BCUT2D eigenvalue weighted by Crippen LogP contribution is -2.68. The van der Waals surface area contributed by atoms with E-state index >= 15 is 0 Å². The summed E-state index contributed by atoms with van der Waals surface area (Å²) in [6, 6.07) is 43.6. The fraction of sp³-hybridized carbons (Fsp3) is 0.349. The van der Waals surface area contributed by atoms with Gasteiger partial charge in [0.1, 0.15) is 8.07 Å². The lowest BCUT2D eigenvalue weighted by Gasteiger charge is -2.47. The SMILES string of the molecule is C=C[C@@H](C[C@@H](CC#C[Si](C)(C)C)O[Si](c1ccccc1)(c1ccccc1)C(C)(C)C)O[Si](c1ccccc1)(c1ccccc1)C(C)(C)C. The largest absolute Gasteiger partial charge is 0.403 e. The molecule has 0 aliphatic rings. The first-order valence-electron chi connectivity index (χ1n) is 17.3. The van der Waals surface area contributed by atoms with Gasteiger partial charge in [-0.2, -0.15) is 0 Å². The maximum Gasteiger partial charge on any atom is 0.261 e. The van der Waals surface area contributed by atoms with Crippen molar-refractivity contribution in [3.05, 3.63) is 134 Å². The summed E-state index contributed by atoms with van der Waals surface area (Å²) in [5.74, 6) is 3.62. The van der Waals surface area contributed by atoms with E-state index in [1.165, 1.54) is 20.7 Å². The van der Waals surface area contributed by atoms with Crippen molar-refractivity contribution >= 4 is 45.5 Å². The standard InChI is InChI=1S/C43H56O2Si3/c1-11-36(44-47(42(2,3)4,38-26-16-12-17-27-38)39-28-18-13-19-29-39)35-37(25-24-34-46(8,9)10)45-48(43(5,6)7,40-30-20-14-21-31-40)41-32-22-15-23-33-41/h11-23,26-33,36-37H,1,25,35H2,2-10H3/t36-,37+/m0/s1. The van der Waals surface area contributed by atoms with Gasteiger partial charge in [0, 0.05) is 12.8 Å². The summed E-state index contributed by atoms with van der Waals surface area (Å²) in [6.45, 7) is 25.3. The molecule has 0 aliphatic heterocycles. The number of hydrogen-bond donors (Lipinski definition) is 0. The van der Waals surface area contributed by atoms with Gasteiger partial charge in [-0.15, -0.1) is 18.0 Å². The van der Waals surface area contributed by atoms with Crippen LogP contribution in [0, 0.1) is 11.5 Å². The fourth-order valence-corrected chi connectivity index (χ4v) is 16.9. The van der Waals surface area contributed by atoms with Crippen LogP contribution >= 0.6 is 0 Å². The lowest BCUT2D eigenvalue weighted by molar-refractivity contribution is 0.123. The van der Waals surface area contributed by atoms with E-state index in [-0.39, 0.29) is 22.3 Å². The van der Waals surface area contributed by atoms with Crippen LogP contribution in [0.2, 0.25) is 29.7 Å². The van der Waals surface area contributed by atoms with Crippen LogP contribution in [-0.4, -0.2) is 36.9 Å². The van der Waals surface area contributed by atoms with Gasteiger partial charge in [-0.05, 0) is 30.8 Å². The van der Waals surface area contributed by atoms with Gasteiger partial charge in [0.2, 0.25) is 0 Å². The predicted octanol–water partition coefficient (Wildman–Crippen LogP) is 8.72. The highest BCUT2D eigenvalue weighted by Crippen LogP contribution is 2.40. The first-order valence-corrected chi connectivity index (χ1v) is 24.7. The van der Waals surface area contributed by atoms with Crippen LogP contribution in [0.1, 0.15) is 54.4 Å². The molecule has 0 unspecified atom stereocenters. The van der Waals surface area contributed by atoms with E-state index in [4.69, 9.17) is 8.85 Å². The first kappa shape index (κ1) is 37.6. The average Bonchev–Trinajstić information content (AvgIpc) is 3.05. The van der Waals surface area contributed by atoms with Gasteiger partial charge in [0.25, 0.3) is 16.6 Å². The highest BCUT2D eigenvalue weighted by Gasteiger charge is 2.53. The minimum Gasteiger partial charge on any atom is -0.403 e. The van der Waals surface area contributed by atoms with Crippen LogP contribution in [0.4, 0.5) is 0 Å². The second-order valence-corrected chi connectivity index (χ2v) is 29.2. The van der Waals surface area contributed by atoms with Crippen LogP contribution in [0.5, 0.6) is 0 Å². The van der Waals surface area contributed by atoms with Crippen LogP contribution < -0.4 is 20.7 Å². The van der Waals surface area contributed by atoms with Crippen molar-refractivity contribution in [3.8, 4) is 11.5 Å². The normalized spacial score (nSPS) is 14.0. The van der Waals surface area contributed by atoms with E-state index in [0.717, 1.165) is 0 Å². The van der Waals surface area contributed by atoms with E-state index in [9.17, 15) is 0 Å². The predicted molar refractivity (Wildman–Crippen MR) is 216 cm³/mol. The topological polar surface area (TPSA) is 18.5 Å². The molecule has 5 heteroatoms. The summed E-state index contributed by atoms with van der Waals surface area (Å²) in [5.41, 5.74) is 3.64. The number of benzene rings is 4. The highest BCUT2D eigenvalue weighted by atomic mass is 28.4. The van der Waals surface area contributed by atoms with E-state index < -0.39 is 24.7 Å². The minimum atomic E-state index is -2.85. The highest BCUT2D eigenvalue weighted by molar-refractivity contribution is 7.00. The molecule has 0 aromatic heterocycles. The molecule has 4 aromatic carbocycles. The molecule has 48 heavy (non-hydrogen) atoms. The van der Waals surface area contributed by atoms with E-state index in [1.807, 2.05) is 6.08 Å². The first-order chi connectivity index (χ1) is 22.6. The smallest absolute Gasteiger partial charge is 0.261 e. The molecule has 0 radical (unpaired) electrons. The second kappa shape index (κ2) is 15.5. The molecule has 0 saturated heterocycles. The number of hydrogen-bond acceptors (Lipinski definition) is 2. The van der Waals surface area contributed by atoms with Crippen molar-refractivity contribution in [1.82, 2.24) is 0 Å². The molecule has 4 rings (SSSR count). The summed E-state index contributed by atoms with van der Waals surface area (Å²) in [7, 11) is -7.27. The Morgan fingerprint density at radius 2 is 0.917 bits per heavy atom. The van der Waals surface area contributed by atoms with Crippen molar-refractivity contribution in [2.24, 2.45) is 0 Å². The summed E-state index contributed by atoms with van der Waals surface area (Å²) >= 11 is 0. The van der Waals surface area contributed by atoms with Crippen molar-refractivity contribution in [2.45, 2.75) is 96.3 Å². The van der Waals surface area contributed by atoms with Gasteiger partial charge < -0.3 is 8.85 Å². The van der Waals surface area contributed by atoms with Crippen molar-refractivity contribution < 1.29 is 8.85 Å². The van der Waals surface area contributed by atoms with Gasteiger partial charge in [0.05, 0.1) is 12.2 Å². The molecule has 0 spiro atoms. The van der Waals surface area contributed by atoms with E-state index in [0.29, 0.717) is 12.8 Å². The Kier molecular flexibility index (Phi) is 12.2. The zero-order valence-electron chi connectivity index (χ0n) is 30.7. The molecule has 252 valence electrons. The second-order valence-electron chi connectivity index (χ2n) is 15.9. The molecule has 4 aromatic rings. The van der Waals surface area contributed by atoms with Crippen LogP contribution in [0.3, 0.4) is 0 Å². The molecule has 0 amide bonds. The molecule has 0 bridgehead atoms. The maximum atomic E-state index is 7.77. The van der Waals surface area contributed by atoms with Crippen LogP contribution in [0.15, 0.2) is 134 Å². The Labute approximate surface area is 294 Å². The molecular formula is C43H56O2Si3. The summed E-state index contributed by atoms with van der Waals surface area (Å²) in [5, 5.41) is 4.77. The van der Waals surface area contributed by atoms with Gasteiger partial charge >= 0.3 is 0 Å². The fourth-order valence-electron chi connectivity index (χ4n) is 6.91. The number of rotatable bonds is 12. The van der Waals surface area contributed by atoms with Gasteiger partial charge in [-0.1, -0.05) is 189 Å². The quantitative estimate of drug-likeness (QED) is 0.0843. The molecular weight excluding hydrogens is 633 g/mol. The van der Waals surface area contributed by atoms with Gasteiger partial charge in [-0.25, -0.2) is 0 Å². The molecule has 0 heterocycles. The zero-order valence-corrected chi connectivity index (χ0v) is 33.7. The Hall–Kier alpha value is -3.25. The van der Waals surface area contributed by atoms with Crippen LogP contribution in [0.25, 0.3) is 0 Å². The Balaban J connectivity index is 1.88. The molecule has 2 atom stereocenters. The summed E-state index contributed by atoms with van der Waals surface area (Å²) in [4.78, 5) is 0. The third kappa shape index (κ3) is 8.48. The Morgan fingerprint density at radius 3 is 1.21 bits per heavy atom. The maximum absolute atomic E-state index is 7.77. The monoisotopic (exact) mass is 688 g/mol. The van der Waals surface area contributed by atoms with Crippen molar-refractivity contribution in [3.63, 3.8) is 0 Å². The summed E-state index contributed by atoms with van der Waals surface area (Å²) in [6.07, 6.45) is 2.91. The third-order valence-corrected chi connectivity index (χ3v) is 20.1.